The average Bonchev–Trinajstić information content (AvgIpc) is 3.26. The van der Waals surface area contributed by atoms with Crippen molar-refractivity contribution < 1.29 is 22.7 Å². The molecule has 7 nitrogen and oxygen atoms in total. The zero-order chi connectivity index (χ0) is 24.0. The van der Waals surface area contributed by atoms with Gasteiger partial charge in [0.1, 0.15) is 5.60 Å². The van der Waals surface area contributed by atoms with Crippen LogP contribution in [0.4, 0.5) is 23.8 Å². The summed E-state index contributed by atoms with van der Waals surface area (Å²) in [5, 5.41) is 11.6. The second kappa shape index (κ2) is 8.46. The van der Waals surface area contributed by atoms with E-state index in [4.69, 9.17) is 4.74 Å². The predicted molar refractivity (Wildman–Crippen MR) is 116 cm³/mol. The van der Waals surface area contributed by atoms with E-state index in [2.05, 4.69) is 20.5 Å². The van der Waals surface area contributed by atoms with Gasteiger partial charge in [-0.05, 0) is 70.1 Å². The van der Waals surface area contributed by atoms with Crippen molar-refractivity contribution in [2.45, 2.75) is 58.4 Å². The van der Waals surface area contributed by atoms with Gasteiger partial charge in [0.25, 0.3) is 0 Å². The van der Waals surface area contributed by atoms with Crippen molar-refractivity contribution >= 4 is 11.9 Å². The van der Waals surface area contributed by atoms with E-state index in [1.54, 1.807) is 17.9 Å². The number of hydrogen-bond donors (Lipinski definition) is 1. The number of aryl methyl sites for hydroxylation is 1. The van der Waals surface area contributed by atoms with Crippen molar-refractivity contribution in [2.24, 2.45) is 11.8 Å². The van der Waals surface area contributed by atoms with Gasteiger partial charge < -0.3 is 15.0 Å². The van der Waals surface area contributed by atoms with E-state index in [9.17, 15) is 18.0 Å². The van der Waals surface area contributed by atoms with Crippen molar-refractivity contribution in [2.75, 3.05) is 18.4 Å². The fourth-order valence-corrected chi connectivity index (χ4v) is 4.69. The molecule has 1 N–H and O–H groups in total. The van der Waals surface area contributed by atoms with Crippen LogP contribution in [0.25, 0.3) is 11.3 Å². The molecule has 10 heteroatoms. The Balaban J connectivity index is 1.40. The largest absolute Gasteiger partial charge is 0.444 e. The predicted octanol–water partition coefficient (Wildman–Crippen LogP) is 4.92. The van der Waals surface area contributed by atoms with Crippen molar-refractivity contribution in [3.63, 3.8) is 0 Å². The lowest BCUT2D eigenvalue weighted by molar-refractivity contribution is -0.137. The molecule has 4 rings (SSSR count). The van der Waals surface area contributed by atoms with Crippen molar-refractivity contribution in [1.29, 1.82) is 0 Å². The van der Waals surface area contributed by atoms with E-state index in [1.807, 2.05) is 20.8 Å². The molecule has 2 fully saturated rings. The van der Waals surface area contributed by atoms with Gasteiger partial charge >= 0.3 is 12.3 Å². The van der Waals surface area contributed by atoms with Crippen LogP contribution in [0.1, 0.15) is 44.7 Å². The quantitative estimate of drug-likeness (QED) is 0.696. The summed E-state index contributed by atoms with van der Waals surface area (Å²) in [4.78, 5) is 17.9. The average molecular weight is 464 g/mol. The Labute approximate surface area is 190 Å². The first kappa shape index (κ1) is 23.3. The van der Waals surface area contributed by atoms with Crippen molar-refractivity contribution in [1.82, 2.24) is 20.1 Å². The number of anilines is 1. The van der Waals surface area contributed by atoms with E-state index < -0.39 is 17.3 Å². The SMILES string of the molecule is Cc1cc(-c2cnccc2C(F)(F)F)nnc1N[C@H]1C[C@@H]2CN(C(=O)OC(C)(C)C)C[C@@H]2C1. The third kappa shape index (κ3) is 5.20. The Kier molecular flexibility index (Phi) is 5.96. The van der Waals surface area contributed by atoms with Gasteiger partial charge in [0.2, 0.25) is 0 Å². The zero-order valence-electron chi connectivity index (χ0n) is 19.1. The summed E-state index contributed by atoms with van der Waals surface area (Å²) in [5.41, 5.74) is -0.549. The maximum absolute atomic E-state index is 13.3. The topological polar surface area (TPSA) is 80.2 Å². The van der Waals surface area contributed by atoms with Crippen molar-refractivity contribution in [3.8, 4) is 11.3 Å². The summed E-state index contributed by atoms with van der Waals surface area (Å²) in [6.45, 7) is 8.70. The summed E-state index contributed by atoms with van der Waals surface area (Å²) in [6.07, 6.45) is -0.731. The smallest absolute Gasteiger partial charge is 0.417 e. The molecule has 0 bridgehead atoms. The highest BCUT2D eigenvalue weighted by atomic mass is 19.4. The molecule has 178 valence electrons. The maximum atomic E-state index is 13.3. The summed E-state index contributed by atoms with van der Waals surface area (Å²) in [6, 6.07) is 2.71. The molecule has 0 aromatic carbocycles. The van der Waals surface area contributed by atoms with E-state index in [0.29, 0.717) is 36.3 Å². The van der Waals surface area contributed by atoms with Crippen LogP contribution >= 0.6 is 0 Å². The molecule has 0 radical (unpaired) electrons. The highest BCUT2D eigenvalue weighted by molar-refractivity contribution is 5.68. The highest BCUT2D eigenvalue weighted by Crippen LogP contribution is 2.40. The first-order chi connectivity index (χ1) is 15.4. The van der Waals surface area contributed by atoms with Crippen LogP contribution in [0.5, 0.6) is 0 Å². The van der Waals surface area contributed by atoms with Gasteiger partial charge in [-0.15, -0.1) is 10.2 Å². The molecule has 3 heterocycles. The highest BCUT2D eigenvalue weighted by Gasteiger charge is 2.43. The Bertz CT molecular complexity index is 1020. The summed E-state index contributed by atoms with van der Waals surface area (Å²) >= 11 is 0. The minimum atomic E-state index is -4.50. The van der Waals surface area contributed by atoms with Crippen molar-refractivity contribution in [3.05, 3.63) is 35.7 Å². The molecule has 2 aromatic heterocycles. The minimum Gasteiger partial charge on any atom is -0.444 e. The molecular weight excluding hydrogens is 435 g/mol. The maximum Gasteiger partial charge on any atom is 0.417 e. The number of ether oxygens (including phenoxy) is 1. The first-order valence-corrected chi connectivity index (χ1v) is 11.0. The zero-order valence-corrected chi connectivity index (χ0v) is 19.1. The molecule has 2 aromatic rings. The van der Waals surface area contributed by atoms with Gasteiger partial charge in [-0.2, -0.15) is 13.2 Å². The van der Waals surface area contributed by atoms with Gasteiger partial charge in [0, 0.05) is 37.1 Å². The molecule has 2 aliphatic rings. The van der Waals surface area contributed by atoms with Gasteiger partial charge in [0.05, 0.1) is 11.3 Å². The second-order valence-electron chi connectivity index (χ2n) is 9.90. The number of carbonyl (C=O) groups excluding carboxylic acids is 1. The number of halogens is 3. The molecule has 1 amide bonds. The molecule has 1 saturated carbocycles. The minimum absolute atomic E-state index is 0.0928. The number of aromatic nitrogens is 3. The molecule has 0 spiro atoms. The Morgan fingerprint density at radius 1 is 1.15 bits per heavy atom. The third-order valence-corrected chi connectivity index (χ3v) is 6.13. The number of nitrogens with zero attached hydrogens (tertiary/aromatic N) is 4. The van der Waals surface area contributed by atoms with Crippen LogP contribution in [-0.2, 0) is 10.9 Å². The number of likely N-dealkylation sites (tertiary alicyclic amines) is 1. The van der Waals surface area contributed by atoms with E-state index in [0.717, 1.165) is 31.3 Å². The van der Waals surface area contributed by atoms with Crippen LogP contribution in [0, 0.1) is 18.8 Å². The number of amides is 1. The Morgan fingerprint density at radius 2 is 1.82 bits per heavy atom. The molecule has 1 aliphatic heterocycles. The van der Waals surface area contributed by atoms with Crippen LogP contribution in [-0.4, -0.2) is 50.9 Å². The molecule has 0 unspecified atom stereocenters. The lowest BCUT2D eigenvalue weighted by atomic mass is 10.0. The Morgan fingerprint density at radius 3 is 2.39 bits per heavy atom. The molecule has 1 saturated heterocycles. The van der Waals surface area contributed by atoms with Gasteiger partial charge in [-0.3, -0.25) is 4.98 Å². The number of alkyl halides is 3. The lowest BCUT2D eigenvalue weighted by Gasteiger charge is -2.25. The molecule has 1 aliphatic carbocycles. The normalized spacial score (nSPS) is 22.9. The van der Waals surface area contributed by atoms with Gasteiger partial charge in [0.15, 0.2) is 5.82 Å². The monoisotopic (exact) mass is 463 g/mol. The fourth-order valence-electron chi connectivity index (χ4n) is 4.69. The Hall–Kier alpha value is -2.91. The summed E-state index contributed by atoms with van der Waals surface area (Å²) in [7, 11) is 0. The number of rotatable bonds is 3. The standard InChI is InChI=1S/C23H28F3N5O2/c1-13-7-19(17-10-27-6-5-18(17)23(24,25)26)29-30-20(13)28-16-8-14-11-31(12-15(14)9-16)21(32)33-22(2,3)4/h5-7,10,14-16H,8-9,11-12H2,1-4H3,(H,28,30)/t14-,15+,16+. The first-order valence-electron chi connectivity index (χ1n) is 11.0. The number of pyridine rings is 1. The van der Waals surface area contributed by atoms with Gasteiger partial charge in [-0.1, -0.05) is 0 Å². The van der Waals surface area contributed by atoms with Crippen LogP contribution in [0.15, 0.2) is 24.5 Å². The van der Waals surface area contributed by atoms with Crippen LogP contribution in [0.3, 0.4) is 0 Å². The number of carbonyl (C=O) groups is 1. The van der Waals surface area contributed by atoms with Gasteiger partial charge in [-0.25, -0.2) is 4.79 Å². The summed E-state index contributed by atoms with van der Waals surface area (Å²) < 4.78 is 45.5. The lowest BCUT2D eigenvalue weighted by Crippen LogP contribution is -2.36. The molecular formula is C23H28F3N5O2. The molecule has 3 atom stereocenters. The molecule has 33 heavy (non-hydrogen) atoms. The summed E-state index contributed by atoms with van der Waals surface area (Å²) in [5.74, 6) is 1.32. The third-order valence-electron chi connectivity index (χ3n) is 6.13. The van der Waals surface area contributed by atoms with Crippen LogP contribution < -0.4 is 5.32 Å². The number of hydrogen-bond acceptors (Lipinski definition) is 6. The van der Waals surface area contributed by atoms with E-state index >= 15 is 0 Å². The number of nitrogens with one attached hydrogen (secondary N) is 1. The van der Waals surface area contributed by atoms with E-state index in [1.165, 1.54) is 0 Å². The number of fused-ring (bicyclic) bond motifs is 1. The fraction of sp³-hybridized carbons (Fsp3) is 0.565. The van der Waals surface area contributed by atoms with Crippen LogP contribution in [0.2, 0.25) is 0 Å². The second-order valence-corrected chi connectivity index (χ2v) is 9.90. The van der Waals surface area contributed by atoms with E-state index in [-0.39, 0.29) is 23.4 Å².